The minimum absolute atomic E-state index is 0. The van der Waals surface area contributed by atoms with E-state index in [1.54, 1.807) is 0 Å². The number of morpholine rings is 1. The zero-order valence-corrected chi connectivity index (χ0v) is 15.9. The lowest BCUT2D eigenvalue weighted by Crippen LogP contribution is -2.48. The number of nitrogens with zero attached hydrogens (tertiary/aromatic N) is 2. The Hall–Kier alpha value is -1.35. The number of aryl methyl sites for hydroxylation is 1. The average molecular weight is 432 g/mol. The van der Waals surface area contributed by atoms with Crippen molar-refractivity contribution in [3.05, 3.63) is 29.8 Å². The second-order valence-corrected chi connectivity index (χ2v) is 5.40. The van der Waals surface area contributed by atoms with Gasteiger partial charge in [0.15, 0.2) is 5.96 Å². The number of amides is 1. The van der Waals surface area contributed by atoms with E-state index in [-0.39, 0.29) is 42.5 Å². The lowest BCUT2D eigenvalue weighted by Gasteiger charge is -2.31. The number of hydrogen-bond donors (Lipinski definition) is 2. The SMILES string of the molecule is CCc1cccc(NC(=O)CN=C(N)N2CCOC(C)C2)c1.I. The summed E-state index contributed by atoms with van der Waals surface area (Å²) in [4.78, 5) is 18.1. The zero-order chi connectivity index (χ0) is 15.9. The third kappa shape index (κ3) is 6.34. The molecule has 1 fully saturated rings. The van der Waals surface area contributed by atoms with Crippen LogP contribution in [0, 0.1) is 0 Å². The molecule has 23 heavy (non-hydrogen) atoms. The predicted molar refractivity (Wildman–Crippen MR) is 103 cm³/mol. The first-order valence-electron chi connectivity index (χ1n) is 7.63. The van der Waals surface area contributed by atoms with Gasteiger partial charge in [0.05, 0.1) is 12.7 Å². The Labute approximate surface area is 154 Å². The second kappa shape index (κ2) is 9.71. The highest BCUT2D eigenvalue weighted by Crippen LogP contribution is 2.11. The van der Waals surface area contributed by atoms with Gasteiger partial charge in [0.25, 0.3) is 0 Å². The number of anilines is 1. The first-order valence-corrected chi connectivity index (χ1v) is 7.63. The molecule has 6 nitrogen and oxygen atoms in total. The lowest BCUT2D eigenvalue weighted by atomic mass is 10.1. The Morgan fingerprint density at radius 1 is 1.52 bits per heavy atom. The van der Waals surface area contributed by atoms with E-state index in [2.05, 4.69) is 17.2 Å². The van der Waals surface area contributed by atoms with E-state index in [4.69, 9.17) is 10.5 Å². The Bertz CT molecular complexity index is 551. The Balaban J connectivity index is 0.00000264. The van der Waals surface area contributed by atoms with Crippen LogP contribution in [0.15, 0.2) is 29.3 Å². The largest absolute Gasteiger partial charge is 0.375 e. The minimum atomic E-state index is -0.169. The Morgan fingerprint density at radius 3 is 3.00 bits per heavy atom. The van der Waals surface area contributed by atoms with Gasteiger partial charge in [0.1, 0.15) is 6.54 Å². The molecule has 1 saturated heterocycles. The molecule has 1 aliphatic heterocycles. The van der Waals surface area contributed by atoms with Crippen molar-refractivity contribution in [1.82, 2.24) is 4.90 Å². The number of hydrogen-bond acceptors (Lipinski definition) is 3. The third-order valence-electron chi connectivity index (χ3n) is 3.57. The molecule has 1 aliphatic rings. The molecule has 1 unspecified atom stereocenters. The van der Waals surface area contributed by atoms with Crippen LogP contribution in [0.4, 0.5) is 5.69 Å². The topological polar surface area (TPSA) is 80.0 Å². The number of carbonyl (C=O) groups excluding carboxylic acids is 1. The number of carbonyl (C=O) groups is 1. The van der Waals surface area contributed by atoms with Crippen LogP contribution in [0.1, 0.15) is 19.4 Å². The van der Waals surface area contributed by atoms with E-state index in [1.807, 2.05) is 36.1 Å². The van der Waals surface area contributed by atoms with Crippen LogP contribution >= 0.6 is 24.0 Å². The fourth-order valence-electron chi connectivity index (χ4n) is 2.35. The first kappa shape index (κ1) is 19.7. The molecule has 0 aliphatic carbocycles. The van der Waals surface area contributed by atoms with Crippen molar-refractivity contribution in [2.45, 2.75) is 26.4 Å². The summed E-state index contributed by atoms with van der Waals surface area (Å²) < 4.78 is 5.45. The van der Waals surface area contributed by atoms with Gasteiger partial charge in [-0.25, -0.2) is 4.99 Å². The van der Waals surface area contributed by atoms with Gasteiger partial charge in [0, 0.05) is 18.8 Å². The van der Waals surface area contributed by atoms with Crippen molar-refractivity contribution >= 4 is 41.5 Å². The number of aliphatic imine (C=N–C) groups is 1. The van der Waals surface area contributed by atoms with Gasteiger partial charge in [-0.05, 0) is 31.0 Å². The number of ether oxygens (including phenoxy) is 1. The third-order valence-corrected chi connectivity index (χ3v) is 3.57. The number of rotatable bonds is 4. The van der Waals surface area contributed by atoms with Gasteiger partial charge in [-0.15, -0.1) is 24.0 Å². The molecule has 128 valence electrons. The van der Waals surface area contributed by atoms with Crippen molar-refractivity contribution in [2.75, 3.05) is 31.6 Å². The fraction of sp³-hybridized carbons (Fsp3) is 0.500. The quantitative estimate of drug-likeness (QED) is 0.433. The van der Waals surface area contributed by atoms with Crippen molar-refractivity contribution in [3.63, 3.8) is 0 Å². The highest BCUT2D eigenvalue weighted by atomic mass is 127. The summed E-state index contributed by atoms with van der Waals surface area (Å²) in [6, 6.07) is 7.80. The second-order valence-electron chi connectivity index (χ2n) is 5.40. The van der Waals surface area contributed by atoms with Gasteiger partial charge in [0.2, 0.25) is 5.91 Å². The summed E-state index contributed by atoms with van der Waals surface area (Å²) >= 11 is 0. The monoisotopic (exact) mass is 432 g/mol. The molecule has 0 radical (unpaired) electrons. The summed E-state index contributed by atoms with van der Waals surface area (Å²) in [5.41, 5.74) is 7.91. The molecule has 0 aromatic heterocycles. The molecule has 0 saturated carbocycles. The average Bonchev–Trinajstić information content (AvgIpc) is 2.52. The Kier molecular flexibility index (Phi) is 8.32. The van der Waals surface area contributed by atoms with Gasteiger partial charge in [-0.2, -0.15) is 0 Å². The van der Waals surface area contributed by atoms with Gasteiger partial charge < -0.3 is 20.7 Å². The number of benzene rings is 1. The van der Waals surface area contributed by atoms with Crippen LogP contribution in [0.2, 0.25) is 0 Å². The maximum atomic E-state index is 11.9. The van der Waals surface area contributed by atoms with E-state index in [9.17, 15) is 4.79 Å². The summed E-state index contributed by atoms with van der Waals surface area (Å²) in [5, 5.41) is 2.84. The van der Waals surface area contributed by atoms with Crippen molar-refractivity contribution in [3.8, 4) is 0 Å². The van der Waals surface area contributed by atoms with Crippen LogP contribution < -0.4 is 11.1 Å². The van der Waals surface area contributed by atoms with E-state index >= 15 is 0 Å². The molecular weight excluding hydrogens is 407 g/mol. The summed E-state index contributed by atoms with van der Waals surface area (Å²) in [5.74, 6) is 0.227. The molecule has 1 aromatic rings. The van der Waals surface area contributed by atoms with Crippen LogP contribution in [0.3, 0.4) is 0 Å². The van der Waals surface area contributed by atoms with Gasteiger partial charge in [-0.3, -0.25) is 4.79 Å². The van der Waals surface area contributed by atoms with Crippen molar-refractivity contribution in [1.29, 1.82) is 0 Å². The molecule has 2 rings (SSSR count). The molecular formula is C16H25IN4O2. The summed E-state index contributed by atoms with van der Waals surface area (Å²) in [6.45, 7) is 6.14. The van der Waals surface area contributed by atoms with Crippen LogP contribution in [-0.4, -0.2) is 49.1 Å². The molecule has 1 aromatic carbocycles. The normalized spacial score (nSPS) is 18.3. The smallest absolute Gasteiger partial charge is 0.246 e. The van der Waals surface area contributed by atoms with Gasteiger partial charge >= 0.3 is 0 Å². The standard InChI is InChI=1S/C16H24N4O2.HI/c1-3-13-5-4-6-14(9-13)19-15(21)10-18-16(17)20-7-8-22-12(2)11-20;/h4-6,9,12H,3,7-8,10-11H2,1-2H3,(H2,17,18)(H,19,21);1H. The first-order chi connectivity index (χ1) is 10.6. The highest BCUT2D eigenvalue weighted by Gasteiger charge is 2.18. The zero-order valence-electron chi connectivity index (χ0n) is 13.6. The number of guanidine groups is 1. The van der Waals surface area contributed by atoms with Crippen molar-refractivity contribution < 1.29 is 9.53 Å². The van der Waals surface area contributed by atoms with E-state index in [1.165, 1.54) is 5.56 Å². The minimum Gasteiger partial charge on any atom is -0.375 e. The molecule has 1 amide bonds. The molecule has 0 bridgehead atoms. The lowest BCUT2D eigenvalue weighted by molar-refractivity contribution is -0.114. The maximum Gasteiger partial charge on any atom is 0.246 e. The predicted octanol–water partition coefficient (Wildman–Crippen LogP) is 1.84. The number of halogens is 1. The van der Waals surface area contributed by atoms with Crippen molar-refractivity contribution in [2.24, 2.45) is 10.7 Å². The molecule has 7 heteroatoms. The van der Waals surface area contributed by atoms with E-state index in [0.717, 1.165) is 12.1 Å². The summed E-state index contributed by atoms with van der Waals surface area (Å²) in [6.07, 6.45) is 1.07. The van der Waals surface area contributed by atoms with E-state index in [0.29, 0.717) is 25.7 Å². The maximum absolute atomic E-state index is 11.9. The molecule has 3 N–H and O–H groups in total. The highest BCUT2D eigenvalue weighted by molar-refractivity contribution is 14.0. The number of nitrogens with two attached hydrogens (primary N) is 1. The molecule has 1 heterocycles. The van der Waals surface area contributed by atoms with Crippen LogP contribution in [0.5, 0.6) is 0 Å². The van der Waals surface area contributed by atoms with Crippen LogP contribution in [0.25, 0.3) is 0 Å². The number of nitrogens with one attached hydrogen (secondary N) is 1. The molecule has 0 spiro atoms. The van der Waals surface area contributed by atoms with Crippen LogP contribution in [-0.2, 0) is 16.0 Å². The summed E-state index contributed by atoms with van der Waals surface area (Å²) in [7, 11) is 0. The fourth-order valence-corrected chi connectivity index (χ4v) is 2.35. The van der Waals surface area contributed by atoms with Gasteiger partial charge in [-0.1, -0.05) is 19.1 Å². The van der Waals surface area contributed by atoms with E-state index < -0.39 is 0 Å². The Morgan fingerprint density at radius 2 is 2.30 bits per heavy atom. The molecule has 1 atom stereocenters.